The summed E-state index contributed by atoms with van der Waals surface area (Å²) in [5.41, 5.74) is 5.77. The minimum atomic E-state index is 0.809. The Morgan fingerprint density at radius 1 is 1.14 bits per heavy atom. The van der Waals surface area contributed by atoms with Crippen molar-refractivity contribution in [3.05, 3.63) is 0 Å². The first kappa shape index (κ1) is 10.4. The van der Waals surface area contributed by atoms with Crippen molar-refractivity contribution >= 4 is 0 Å². The molecule has 0 aromatic rings. The van der Waals surface area contributed by atoms with Crippen molar-refractivity contribution in [2.45, 2.75) is 45.1 Å². The van der Waals surface area contributed by atoms with Gasteiger partial charge in [0.1, 0.15) is 0 Å². The van der Waals surface area contributed by atoms with E-state index in [9.17, 15) is 0 Å². The fourth-order valence-electron chi connectivity index (χ4n) is 2.92. The van der Waals surface area contributed by atoms with Gasteiger partial charge in [-0.15, -0.1) is 0 Å². The molecule has 14 heavy (non-hydrogen) atoms. The molecule has 2 heteroatoms. The third-order valence-electron chi connectivity index (χ3n) is 4.20. The maximum atomic E-state index is 5.77. The van der Waals surface area contributed by atoms with E-state index in [0.717, 1.165) is 24.4 Å². The molecule has 2 N–H and O–H groups in total. The van der Waals surface area contributed by atoms with Crippen molar-refractivity contribution in [3.8, 4) is 0 Å². The average Bonchev–Trinajstić information content (AvgIpc) is 2.31. The average molecular weight is 196 g/mol. The molecule has 0 aromatic heterocycles. The zero-order chi connectivity index (χ0) is 9.97. The van der Waals surface area contributed by atoms with Gasteiger partial charge in [0.2, 0.25) is 0 Å². The molecule has 3 atom stereocenters. The Balaban J connectivity index is 1.84. The number of hydrogen-bond acceptors (Lipinski definition) is 2. The highest BCUT2D eigenvalue weighted by Crippen LogP contribution is 2.33. The molecule has 3 unspecified atom stereocenters. The van der Waals surface area contributed by atoms with E-state index in [1.54, 1.807) is 0 Å². The molecule has 2 aliphatic rings. The molecule has 2 fully saturated rings. The van der Waals surface area contributed by atoms with Crippen LogP contribution >= 0.6 is 0 Å². The predicted molar refractivity (Wildman–Crippen MR) is 60.2 cm³/mol. The summed E-state index contributed by atoms with van der Waals surface area (Å²) in [6, 6.07) is 0.838. The normalized spacial score (nSPS) is 40.3. The lowest BCUT2D eigenvalue weighted by atomic mass is 9.78. The van der Waals surface area contributed by atoms with Crippen molar-refractivity contribution < 1.29 is 0 Å². The zero-order valence-corrected chi connectivity index (χ0v) is 9.41. The van der Waals surface area contributed by atoms with Gasteiger partial charge in [0, 0.05) is 6.04 Å². The van der Waals surface area contributed by atoms with E-state index in [0.29, 0.717) is 0 Å². The molecular formula is C12H24N2. The Morgan fingerprint density at radius 3 is 2.64 bits per heavy atom. The molecule has 1 saturated heterocycles. The van der Waals surface area contributed by atoms with Crippen molar-refractivity contribution in [1.82, 2.24) is 4.90 Å². The molecule has 1 aliphatic heterocycles. The van der Waals surface area contributed by atoms with Gasteiger partial charge >= 0.3 is 0 Å². The van der Waals surface area contributed by atoms with Crippen molar-refractivity contribution in [3.63, 3.8) is 0 Å². The fourth-order valence-corrected chi connectivity index (χ4v) is 2.92. The molecule has 1 saturated carbocycles. The van der Waals surface area contributed by atoms with Gasteiger partial charge in [-0.05, 0) is 63.6 Å². The minimum Gasteiger partial charge on any atom is -0.330 e. The second kappa shape index (κ2) is 4.63. The van der Waals surface area contributed by atoms with Crippen LogP contribution in [0, 0.1) is 11.8 Å². The number of rotatable bonds is 2. The lowest BCUT2D eigenvalue weighted by molar-refractivity contribution is 0.0689. The van der Waals surface area contributed by atoms with Gasteiger partial charge in [0.25, 0.3) is 0 Å². The van der Waals surface area contributed by atoms with Crippen LogP contribution in [0.15, 0.2) is 0 Å². The molecule has 2 rings (SSSR count). The van der Waals surface area contributed by atoms with Gasteiger partial charge in [-0.3, -0.25) is 0 Å². The molecule has 82 valence electrons. The topological polar surface area (TPSA) is 29.3 Å². The standard InChI is InChI=1S/C12H24N2/c1-10-3-2-7-14(8-6-10)12-5-4-11(12)9-13/h10-12H,2-9,13H2,1H3. The summed E-state index contributed by atoms with van der Waals surface area (Å²) in [6.45, 7) is 5.94. The molecular weight excluding hydrogens is 172 g/mol. The zero-order valence-electron chi connectivity index (χ0n) is 9.41. The summed E-state index contributed by atoms with van der Waals surface area (Å²) in [6.07, 6.45) is 6.99. The molecule has 0 spiro atoms. The number of hydrogen-bond donors (Lipinski definition) is 1. The van der Waals surface area contributed by atoms with Gasteiger partial charge in [0.05, 0.1) is 0 Å². The smallest absolute Gasteiger partial charge is 0.0136 e. The first-order valence-electron chi connectivity index (χ1n) is 6.25. The van der Waals surface area contributed by atoms with Crippen LogP contribution in [0.5, 0.6) is 0 Å². The summed E-state index contributed by atoms with van der Waals surface area (Å²) in [4.78, 5) is 2.71. The van der Waals surface area contributed by atoms with E-state index < -0.39 is 0 Å². The third kappa shape index (κ3) is 2.12. The molecule has 0 aromatic carbocycles. The SMILES string of the molecule is CC1CCCN(C2CCC2CN)CC1. The molecule has 0 radical (unpaired) electrons. The second-order valence-electron chi connectivity index (χ2n) is 5.21. The van der Waals surface area contributed by atoms with Crippen LogP contribution in [0.4, 0.5) is 0 Å². The predicted octanol–water partition coefficient (Wildman–Crippen LogP) is 1.85. The Kier molecular flexibility index (Phi) is 3.45. The van der Waals surface area contributed by atoms with E-state index >= 15 is 0 Å². The first-order valence-corrected chi connectivity index (χ1v) is 6.25. The van der Waals surface area contributed by atoms with E-state index in [1.165, 1.54) is 45.2 Å². The minimum absolute atomic E-state index is 0.809. The van der Waals surface area contributed by atoms with Crippen LogP contribution in [0.1, 0.15) is 39.0 Å². The van der Waals surface area contributed by atoms with Crippen LogP contribution in [-0.4, -0.2) is 30.6 Å². The van der Waals surface area contributed by atoms with Gasteiger partial charge in [-0.1, -0.05) is 6.92 Å². The van der Waals surface area contributed by atoms with Crippen molar-refractivity contribution in [1.29, 1.82) is 0 Å². The highest BCUT2D eigenvalue weighted by atomic mass is 15.2. The Bertz CT molecular complexity index is 179. The number of likely N-dealkylation sites (tertiary alicyclic amines) is 1. The molecule has 2 nitrogen and oxygen atoms in total. The van der Waals surface area contributed by atoms with Crippen LogP contribution in [-0.2, 0) is 0 Å². The summed E-state index contributed by atoms with van der Waals surface area (Å²) >= 11 is 0. The fraction of sp³-hybridized carbons (Fsp3) is 1.00. The van der Waals surface area contributed by atoms with Crippen LogP contribution < -0.4 is 5.73 Å². The quantitative estimate of drug-likeness (QED) is 0.730. The Morgan fingerprint density at radius 2 is 2.00 bits per heavy atom. The monoisotopic (exact) mass is 196 g/mol. The lowest BCUT2D eigenvalue weighted by Crippen LogP contribution is -2.50. The Hall–Kier alpha value is -0.0800. The van der Waals surface area contributed by atoms with Crippen LogP contribution in [0.2, 0.25) is 0 Å². The van der Waals surface area contributed by atoms with Crippen molar-refractivity contribution in [2.24, 2.45) is 17.6 Å². The molecule has 0 amide bonds. The highest BCUT2D eigenvalue weighted by Gasteiger charge is 2.34. The second-order valence-corrected chi connectivity index (χ2v) is 5.21. The summed E-state index contributed by atoms with van der Waals surface area (Å²) < 4.78 is 0. The van der Waals surface area contributed by atoms with E-state index in [-0.39, 0.29) is 0 Å². The Labute approximate surface area is 87.8 Å². The van der Waals surface area contributed by atoms with Gasteiger partial charge in [-0.2, -0.15) is 0 Å². The molecule has 0 bridgehead atoms. The highest BCUT2D eigenvalue weighted by molar-refractivity contribution is 4.90. The third-order valence-corrected chi connectivity index (χ3v) is 4.20. The lowest BCUT2D eigenvalue weighted by Gasteiger charge is -2.43. The van der Waals surface area contributed by atoms with E-state index in [2.05, 4.69) is 11.8 Å². The van der Waals surface area contributed by atoms with Gasteiger partial charge in [-0.25, -0.2) is 0 Å². The number of nitrogens with two attached hydrogens (primary N) is 1. The van der Waals surface area contributed by atoms with E-state index in [1.807, 2.05) is 0 Å². The van der Waals surface area contributed by atoms with Crippen molar-refractivity contribution in [2.75, 3.05) is 19.6 Å². The molecule has 1 aliphatic carbocycles. The van der Waals surface area contributed by atoms with Crippen LogP contribution in [0.3, 0.4) is 0 Å². The first-order chi connectivity index (χ1) is 6.81. The maximum Gasteiger partial charge on any atom is 0.0136 e. The summed E-state index contributed by atoms with van der Waals surface area (Å²) in [7, 11) is 0. The summed E-state index contributed by atoms with van der Waals surface area (Å²) in [5, 5.41) is 0. The molecule has 1 heterocycles. The van der Waals surface area contributed by atoms with Gasteiger partial charge < -0.3 is 10.6 Å². The maximum absolute atomic E-state index is 5.77. The number of nitrogens with zero attached hydrogens (tertiary/aromatic N) is 1. The van der Waals surface area contributed by atoms with Crippen LogP contribution in [0.25, 0.3) is 0 Å². The van der Waals surface area contributed by atoms with Gasteiger partial charge in [0.15, 0.2) is 0 Å². The van der Waals surface area contributed by atoms with E-state index in [4.69, 9.17) is 5.73 Å². The summed E-state index contributed by atoms with van der Waals surface area (Å²) in [5.74, 6) is 1.75. The largest absolute Gasteiger partial charge is 0.330 e.